The molecule has 0 aromatic heterocycles. The summed E-state index contributed by atoms with van der Waals surface area (Å²) in [6.07, 6.45) is 5.53. The Labute approximate surface area is 129 Å². The molecule has 1 saturated carbocycles. The molecule has 2 nitrogen and oxygen atoms in total. The molecule has 1 aromatic carbocycles. The van der Waals surface area contributed by atoms with E-state index in [9.17, 15) is 0 Å². The maximum absolute atomic E-state index is 6.19. The van der Waals surface area contributed by atoms with Crippen LogP contribution in [0.5, 0.6) is 0 Å². The summed E-state index contributed by atoms with van der Waals surface area (Å²) in [7, 11) is 0. The molecule has 0 bridgehead atoms. The predicted molar refractivity (Wildman–Crippen MR) is 87.5 cm³/mol. The van der Waals surface area contributed by atoms with E-state index < -0.39 is 0 Å². The molecule has 2 unspecified atom stereocenters. The topological polar surface area (TPSA) is 21.3 Å². The number of nitrogens with one attached hydrogen (secondary N) is 1. The first kappa shape index (κ1) is 15.1. The van der Waals surface area contributed by atoms with Crippen molar-refractivity contribution >= 4 is 0 Å². The molecule has 0 radical (unpaired) electrons. The van der Waals surface area contributed by atoms with E-state index in [1.54, 1.807) is 0 Å². The molecule has 1 saturated heterocycles. The van der Waals surface area contributed by atoms with Crippen LogP contribution in [-0.4, -0.2) is 25.3 Å². The first-order valence-electron chi connectivity index (χ1n) is 8.50. The summed E-state index contributed by atoms with van der Waals surface area (Å²) in [5.74, 6) is 0.811. The number of aryl methyl sites for hydroxylation is 1. The van der Waals surface area contributed by atoms with Gasteiger partial charge in [-0.15, -0.1) is 0 Å². The monoisotopic (exact) mass is 287 g/mol. The third-order valence-corrected chi connectivity index (χ3v) is 5.05. The lowest BCUT2D eigenvalue weighted by Crippen LogP contribution is -2.45. The summed E-state index contributed by atoms with van der Waals surface area (Å²) in [5, 5.41) is 3.70. The van der Waals surface area contributed by atoms with Crippen LogP contribution < -0.4 is 5.32 Å². The average molecular weight is 287 g/mol. The smallest absolute Gasteiger partial charge is 0.0675 e. The maximum atomic E-state index is 6.19. The zero-order valence-corrected chi connectivity index (χ0v) is 13.7. The maximum Gasteiger partial charge on any atom is 0.0675 e. The van der Waals surface area contributed by atoms with Gasteiger partial charge in [-0.25, -0.2) is 0 Å². The third-order valence-electron chi connectivity index (χ3n) is 5.05. The van der Waals surface area contributed by atoms with Crippen LogP contribution in [0.25, 0.3) is 0 Å². The molecule has 1 heterocycles. The second kappa shape index (κ2) is 6.10. The quantitative estimate of drug-likeness (QED) is 0.861. The zero-order chi connectivity index (χ0) is 14.9. The van der Waals surface area contributed by atoms with Crippen LogP contribution in [0, 0.1) is 18.3 Å². The minimum atomic E-state index is 0.291. The van der Waals surface area contributed by atoms with Gasteiger partial charge in [-0.2, -0.15) is 0 Å². The fraction of sp³-hybridized carbons (Fsp3) is 0.684. The van der Waals surface area contributed by atoms with Gasteiger partial charge in [0.2, 0.25) is 0 Å². The van der Waals surface area contributed by atoms with Crippen molar-refractivity contribution in [3.8, 4) is 0 Å². The van der Waals surface area contributed by atoms with Crippen molar-refractivity contribution in [3.63, 3.8) is 0 Å². The van der Waals surface area contributed by atoms with E-state index in [0.717, 1.165) is 25.5 Å². The lowest BCUT2D eigenvalue weighted by atomic mass is 9.73. The molecule has 2 fully saturated rings. The molecule has 2 aliphatic rings. The molecule has 2 atom stereocenters. The number of benzene rings is 1. The van der Waals surface area contributed by atoms with E-state index in [4.69, 9.17) is 4.74 Å². The third kappa shape index (κ3) is 3.49. The van der Waals surface area contributed by atoms with E-state index in [0.29, 0.717) is 17.6 Å². The van der Waals surface area contributed by atoms with Crippen molar-refractivity contribution in [2.45, 2.75) is 58.6 Å². The van der Waals surface area contributed by atoms with Crippen molar-refractivity contribution in [2.24, 2.45) is 11.3 Å². The van der Waals surface area contributed by atoms with Crippen LogP contribution >= 0.6 is 0 Å². The molecular formula is C19H29NO. The Kier molecular flexibility index (Phi) is 4.37. The number of hydrogen-bond donors (Lipinski definition) is 1. The van der Waals surface area contributed by atoms with Gasteiger partial charge < -0.3 is 10.1 Å². The zero-order valence-electron chi connectivity index (χ0n) is 13.7. The second-order valence-electron chi connectivity index (χ2n) is 7.44. The minimum Gasteiger partial charge on any atom is -0.377 e. The first-order chi connectivity index (χ1) is 10.1. The van der Waals surface area contributed by atoms with Crippen molar-refractivity contribution in [1.82, 2.24) is 5.32 Å². The Morgan fingerprint density at radius 2 is 2.14 bits per heavy atom. The van der Waals surface area contributed by atoms with E-state index in [-0.39, 0.29) is 0 Å². The molecule has 2 heteroatoms. The summed E-state index contributed by atoms with van der Waals surface area (Å²) in [6, 6.07) is 9.55. The number of rotatable bonds is 6. The molecule has 116 valence electrons. The van der Waals surface area contributed by atoms with Crippen LogP contribution in [0.4, 0.5) is 0 Å². The summed E-state index contributed by atoms with van der Waals surface area (Å²) in [4.78, 5) is 0. The second-order valence-corrected chi connectivity index (χ2v) is 7.44. The van der Waals surface area contributed by atoms with Gasteiger partial charge in [-0.3, -0.25) is 0 Å². The molecule has 1 aliphatic heterocycles. The van der Waals surface area contributed by atoms with Gasteiger partial charge in [-0.1, -0.05) is 43.7 Å². The van der Waals surface area contributed by atoms with Crippen LogP contribution in [0.15, 0.2) is 24.3 Å². The highest BCUT2D eigenvalue weighted by Crippen LogP contribution is 2.49. The fourth-order valence-electron chi connectivity index (χ4n) is 3.82. The Morgan fingerprint density at radius 1 is 1.33 bits per heavy atom. The highest BCUT2D eigenvalue weighted by Gasteiger charge is 2.50. The van der Waals surface area contributed by atoms with Gasteiger partial charge in [0.25, 0.3) is 0 Å². The molecule has 1 aromatic rings. The van der Waals surface area contributed by atoms with E-state index >= 15 is 0 Å². The van der Waals surface area contributed by atoms with Crippen LogP contribution in [0.1, 0.15) is 44.2 Å². The lowest BCUT2D eigenvalue weighted by Gasteiger charge is -2.36. The number of hydrogen-bond acceptors (Lipinski definition) is 2. The highest BCUT2D eigenvalue weighted by molar-refractivity contribution is 5.24. The van der Waals surface area contributed by atoms with Gasteiger partial charge in [-0.05, 0) is 44.1 Å². The largest absolute Gasteiger partial charge is 0.377 e. The van der Waals surface area contributed by atoms with E-state index in [1.807, 2.05) is 0 Å². The van der Waals surface area contributed by atoms with Gasteiger partial charge in [0.15, 0.2) is 0 Å². The standard InChI is InChI=1S/C19H29NO/c1-14(2)20-13-19(9-10-21-18(19)17-7-8-17)12-16-6-4-5-15(3)11-16/h4-6,11,14,17-18,20H,7-10,12-13H2,1-3H3. The van der Waals surface area contributed by atoms with Crippen molar-refractivity contribution < 1.29 is 4.74 Å². The molecule has 0 spiro atoms. The molecular weight excluding hydrogens is 258 g/mol. The predicted octanol–water partition coefficient (Wildman–Crippen LogP) is 3.72. The van der Waals surface area contributed by atoms with E-state index in [2.05, 4.69) is 50.4 Å². The van der Waals surface area contributed by atoms with Gasteiger partial charge in [0, 0.05) is 24.6 Å². The Morgan fingerprint density at radius 3 is 2.81 bits per heavy atom. The summed E-state index contributed by atoms with van der Waals surface area (Å²) >= 11 is 0. The summed E-state index contributed by atoms with van der Waals surface area (Å²) in [6.45, 7) is 8.68. The molecule has 21 heavy (non-hydrogen) atoms. The van der Waals surface area contributed by atoms with Crippen LogP contribution in [0.2, 0.25) is 0 Å². The normalized spacial score (nSPS) is 29.2. The van der Waals surface area contributed by atoms with Crippen LogP contribution in [0.3, 0.4) is 0 Å². The average Bonchev–Trinajstić information content (AvgIpc) is 3.19. The van der Waals surface area contributed by atoms with E-state index in [1.165, 1.54) is 30.4 Å². The highest BCUT2D eigenvalue weighted by atomic mass is 16.5. The molecule has 1 N–H and O–H groups in total. The molecule has 0 amide bonds. The lowest BCUT2D eigenvalue weighted by molar-refractivity contribution is 0.0298. The Bertz CT molecular complexity index is 480. The van der Waals surface area contributed by atoms with Crippen molar-refractivity contribution in [1.29, 1.82) is 0 Å². The molecule has 1 aliphatic carbocycles. The first-order valence-corrected chi connectivity index (χ1v) is 8.50. The minimum absolute atomic E-state index is 0.291. The van der Waals surface area contributed by atoms with Gasteiger partial charge >= 0.3 is 0 Å². The summed E-state index contributed by atoms with van der Waals surface area (Å²) < 4.78 is 6.19. The Balaban J connectivity index is 1.81. The SMILES string of the molecule is Cc1cccc(CC2(CNC(C)C)CCOC2C2CC2)c1. The Hall–Kier alpha value is -0.860. The number of ether oxygens (including phenoxy) is 1. The van der Waals surface area contributed by atoms with Crippen molar-refractivity contribution in [2.75, 3.05) is 13.2 Å². The van der Waals surface area contributed by atoms with Gasteiger partial charge in [0.1, 0.15) is 0 Å². The fourth-order valence-corrected chi connectivity index (χ4v) is 3.82. The van der Waals surface area contributed by atoms with Crippen molar-refractivity contribution in [3.05, 3.63) is 35.4 Å². The molecule has 3 rings (SSSR count). The van der Waals surface area contributed by atoms with Crippen LogP contribution in [-0.2, 0) is 11.2 Å². The summed E-state index contributed by atoms with van der Waals surface area (Å²) in [5.41, 5.74) is 3.12. The van der Waals surface area contributed by atoms with Gasteiger partial charge in [0.05, 0.1) is 6.10 Å².